The monoisotopic (exact) mass is 263 g/mol. The number of amides is 1. The summed E-state index contributed by atoms with van der Waals surface area (Å²) in [6.45, 7) is 6.96. The number of pyridine rings is 1. The molecular formula is C15H25N3O. The third kappa shape index (κ3) is 3.53. The third-order valence-corrected chi connectivity index (χ3v) is 4.01. The molecule has 0 fully saturated rings. The van der Waals surface area contributed by atoms with Gasteiger partial charge in [-0.25, -0.2) is 0 Å². The lowest BCUT2D eigenvalue weighted by Crippen LogP contribution is -2.45. The molecular weight excluding hydrogens is 238 g/mol. The van der Waals surface area contributed by atoms with Gasteiger partial charge < -0.3 is 11.1 Å². The Kier molecular flexibility index (Phi) is 5.96. The van der Waals surface area contributed by atoms with E-state index in [2.05, 4.69) is 17.2 Å². The van der Waals surface area contributed by atoms with Crippen LogP contribution in [0.15, 0.2) is 18.3 Å². The SMILES string of the molecule is CCc1cccnc1CNC(=O)C(CC)(CC)CN. The summed E-state index contributed by atoms with van der Waals surface area (Å²) in [5.74, 6) is 0.0349. The van der Waals surface area contributed by atoms with Crippen LogP contribution in [-0.2, 0) is 17.8 Å². The number of rotatable bonds is 7. The molecule has 106 valence electrons. The number of aryl methyl sites for hydroxylation is 1. The summed E-state index contributed by atoms with van der Waals surface area (Å²) in [5, 5.41) is 2.99. The summed E-state index contributed by atoms with van der Waals surface area (Å²) >= 11 is 0. The Morgan fingerprint density at radius 3 is 2.58 bits per heavy atom. The Labute approximate surface area is 115 Å². The van der Waals surface area contributed by atoms with E-state index in [-0.39, 0.29) is 5.91 Å². The van der Waals surface area contributed by atoms with Crippen molar-refractivity contribution in [2.75, 3.05) is 6.54 Å². The van der Waals surface area contributed by atoms with Crippen molar-refractivity contribution in [1.82, 2.24) is 10.3 Å². The second-order valence-electron chi connectivity index (χ2n) is 4.84. The van der Waals surface area contributed by atoms with Gasteiger partial charge >= 0.3 is 0 Å². The van der Waals surface area contributed by atoms with Crippen LogP contribution in [0.2, 0.25) is 0 Å². The Balaban J connectivity index is 2.73. The average molecular weight is 263 g/mol. The summed E-state index contributed by atoms with van der Waals surface area (Å²) in [6.07, 6.45) is 4.20. The smallest absolute Gasteiger partial charge is 0.227 e. The lowest BCUT2D eigenvalue weighted by atomic mass is 9.81. The summed E-state index contributed by atoms with van der Waals surface area (Å²) in [6, 6.07) is 3.97. The highest BCUT2D eigenvalue weighted by Gasteiger charge is 2.33. The van der Waals surface area contributed by atoms with Crippen molar-refractivity contribution < 1.29 is 4.79 Å². The number of nitrogens with two attached hydrogens (primary N) is 1. The van der Waals surface area contributed by atoms with Gasteiger partial charge in [-0.3, -0.25) is 9.78 Å². The number of hydrogen-bond donors (Lipinski definition) is 2. The molecule has 0 aliphatic heterocycles. The first-order valence-corrected chi connectivity index (χ1v) is 7.04. The molecule has 1 rings (SSSR count). The molecule has 1 aromatic heterocycles. The zero-order valence-electron chi connectivity index (χ0n) is 12.2. The van der Waals surface area contributed by atoms with E-state index in [9.17, 15) is 4.79 Å². The van der Waals surface area contributed by atoms with E-state index in [4.69, 9.17) is 5.73 Å². The molecule has 0 radical (unpaired) electrons. The number of hydrogen-bond acceptors (Lipinski definition) is 3. The normalized spacial score (nSPS) is 11.4. The van der Waals surface area contributed by atoms with Crippen LogP contribution < -0.4 is 11.1 Å². The minimum absolute atomic E-state index is 0.0349. The zero-order chi connectivity index (χ0) is 14.3. The minimum atomic E-state index is -0.443. The zero-order valence-corrected chi connectivity index (χ0v) is 12.2. The number of aromatic nitrogens is 1. The van der Waals surface area contributed by atoms with E-state index < -0.39 is 5.41 Å². The van der Waals surface area contributed by atoms with E-state index in [0.717, 1.165) is 25.0 Å². The van der Waals surface area contributed by atoms with Gasteiger partial charge in [0.25, 0.3) is 0 Å². The molecule has 1 amide bonds. The number of carbonyl (C=O) groups is 1. The summed E-state index contributed by atoms with van der Waals surface area (Å²) in [4.78, 5) is 16.6. The quantitative estimate of drug-likeness (QED) is 0.791. The Morgan fingerprint density at radius 1 is 1.37 bits per heavy atom. The Hall–Kier alpha value is -1.42. The molecule has 3 N–H and O–H groups in total. The lowest BCUT2D eigenvalue weighted by Gasteiger charge is -2.28. The van der Waals surface area contributed by atoms with Crippen LogP contribution in [0, 0.1) is 5.41 Å². The van der Waals surface area contributed by atoms with E-state index in [0.29, 0.717) is 13.1 Å². The van der Waals surface area contributed by atoms with Gasteiger partial charge in [-0.15, -0.1) is 0 Å². The standard InChI is InChI=1S/C15H25N3O/c1-4-12-8-7-9-17-13(12)10-18-14(19)15(5-2,6-3)11-16/h7-9H,4-6,10-11,16H2,1-3H3,(H,18,19). The summed E-state index contributed by atoms with van der Waals surface area (Å²) < 4.78 is 0. The second kappa shape index (κ2) is 7.24. The molecule has 1 aromatic rings. The summed E-state index contributed by atoms with van der Waals surface area (Å²) in [5.41, 5.74) is 7.45. The topological polar surface area (TPSA) is 68.0 Å². The number of nitrogens with one attached hydrogen (secondary N) is 1. The van der Waals surface area contributed by atoms with Crippen LogP contribution in [0.4, 0.5) is 0 Å². The second-order valence-corrected chi connectivity index (χ2v) is 4.84. The maximum absolute atomic E-state index is 12.3. The van der Waals surface area contributed by atoms with Gasteiger partial charge in [0.2, 0.25) is 5.91 Å². The third-order valence-electron chi connectivity index (χ3n) is 4.01. The van der Waals surface area contributed by atoms with Crippen molar-refractivity contribution in [3.8, 4) is 0 Å². The molecule has 0 aliphatic carbocycles. The maximum atomic E-state index is 12.3. The Bertz CT molecular complexity index is 405. The van der Waals surface area contributed by atoms with Crippen LogP contribution in [0.1, 0.15) is 44.9 Å². The van der Waals surface area contributed by atoms with Gasteiger partial charge in [0, 0.05) is 12.7 Å². The van der Waals surface area contributed by atoms with Gasteiger partial charge in [0.1, 0.15) is 0 Å². The molecule has 19 heavy (non-hydrogen) atoms. The fourth-order valence-electron chi connectivity index (χ4n) is 2.26. The van der Waals surface area contributed by atoms with E-state index >= 15 is 0 Å². The molecule has 0 aromatic carbocycles. The molecule has 0 atom stereocenters. The lowest BCUT2D eigenvalue weighted by molar-refractivity contribution is -0.131. The average Bonchev–Trinajstić information content (AvgIpc) is 2.47. The van der Waals surface area contributed by atoms with Crippen molar-refractivity contribution in [3.05, 3.63) is 29.6 Å². The molecule has 0 saturated carbocycles. The van der Waals surface area contributed by atoms with Crippen molar-refractivity contribution >= 4 is 5.91 Å². The highest BCUT2D eigenvalue weighted by molar-refractivity contribution is 5.82. The van der Waals surface area contributed by atoms with Gasteiger partial charge in [-0.1, -0.05) is 26.8 Å². The van der Waals surface area contributed by atoms with Gasteiger partial charge in [-0.05, 0) is 30.9 Å². The molecule has 0 bridgehead atoms. The van der Waals surface area contributed by atoms with Crippen LogP contribution >= 0.6 is 0 Å². The van der Waals surface area contributed by atoms with E-state index in [1.54, 1.807) is 6.20 Å². The largest absolute Gasteiger partial charge is 0.350 e. The van der Waals surface area contributed by atoms with Crippen molar-refractivity contribution in [2.45, 2.75) is 46.6 Å². The van der Waals surface area contributed by atoms with Crippen molar-refractivity contribution in [3.63, 3.8) is 0 Å². The van der Waals surface area contributed by atoms with Crippen LogP contribution in [0.5, 0.6) is 0 Å². The summed E-state index contributed by atoms with van der Waals surface area (Å²) in [7, 11) is 0. The molecule has 1 heterocycles. The molecule has 0 aliphatic rings. The van der Waals surface area contributed by atoms with Crippen LogP contribution in [-0.4, -0.2) is 17.4 Å². The van der Waals surface area contributed by atoms with E-state index in [1.165, 1.54) is 5.56 Å². The minimum Gasteiger partial charge on any atom is -0.350 e. The molecule has 4 nitrogen and oxygen atoms in total. The number of nitrogens with zero attached hydrogens (tertiary/aromatic N) is 1. The highest BCUT2D eigenvalue weighted by Crippen LogP contribution is 2.25. The van der Waals surface area contributed by atoms with E-state index in [1.807, 2.05) is 26.0 Å². The Morgan fingerprint density at radius 2 is 2.05 bits per heavy atom. The van der Waals surface area contributed by atoms with Crippen molar-refractivity contribution in [2.24, 2.45) is 11.1 Å². The van der Waals surface area contributed by atoms with Gasteiger partial charge in [0.15, 0.2) is 0 Å². The number of carbonyl (C=O) groups excluding carboxylic acids is 1. The molecule has 0 unspecified atom stereocenters. The fourth-order valence-corrected chi connectivity index (χ4v) is 2.26. The predicted molar refractivity (Wildman–Crippen MR) is 77.5 cm³/mol. The fraction of sp³-hybridized carbons (Fsp3) is 0.600. The molecule has 4 heteroatoms. The van der Waals surface area contributed by atoms with Gasteiger partial charge in [0.05, 0.1) is 17.7 Å². The van der Waals surface area contributed by atoms with Gasteiger partial charge in [-0.2, -0.15) is 0 Å². The van der Waals surface area contributed by atoms with Crippen LogP contribution in [0.25, 0.3) is 0 Å². The maximum Gasteiger partial charge on any atom is 0.227 e. The molecule has 0 saturated heterocycles. The first-order valence-electron chi connectivity index (χ1n) is 7.04. The van der Waals surface area contributed by atoms with Crippen LogP contribution in [0.3, 0.4) is 0 Å². The predicted octanol–water partition coefficient (Wildman–Crippen LogP) is 2.03. The first-order chi connectivity index (χ1) is 9.13. The molecule has 0 spiro atoms. The van der Waals surface area contributed by atoms with Crippen molar-refractivity contribution in [1.29, 1.82) is 0 Å². The first kappa shape index (κ1) is 15.6. The highest BCUT2D eigenvalue weighted by atomic mass is 16.2.